The van der Waals surface area contributed by atoms with Crippen molar-refractivity contribution in [1.29, 1.82) is 0 Å². The van der Waals surface area contributed by atoms with Gasteiger partial charge in [0.05, 0.1) is 12.0 Å². The normalized spacial score (nSPS) is 33.3. The highest BCUT2D eigenvalue weighted by Crippen LogP contribution is 2.39. The Labute approximate surface area is 111 Å². The van der Waals surface area contributed by atoms with E-state index in [0.29, 0.717) is 0 Å². The molecule has 0 amide bonds. The molecule has 0 saturated carbocycles. The van der Waals surface area contributed by atoms with Gasteiger partial charge in [0, 0.05) is 12.5 Å². The van der Waals surface area contributed by atoms with Gasteiger partial charge >= 0.3 is 6.18 Å². The topological polar surface area (TPSA) is 38.3 Å². The summed E-state index contributed by atoms with van der Waals surface area (Å²) in [5.41, 5.74) is -0.588. The van der Waals surface area contributed by atoms with Crippen molar-refractivity contribution < 1.29 is 22.7 Å². The predicted octanol–water partition coefficient (Wildman–Crippen LogP) is 2.75. The van der Waals surface area contributed by atoms with Crippen molar-refractivity contribution in [2.75, 3.05) is 7.11 Å². The third-order valence-corrected chi connectivity index (χ3v) is 3.60. The van der Waals surface area contributed by atoms with Crippen LogP contribution in [0.2, 0.25) is 0 Å². The van der Waals surface area contributed by atoms with Crippen molar-refractivity contribution in [3.63, 3.8) is 0 Å². The number of halogens is 3. The van der Waals surface area contributed by atoms with Crippen molar-refractivity contribution in [3.8, 4) is 0 Å². The van der Waals surface area contributed by atoms with Crippen molar-refractivity contribution >= 4 is 5.78 Å². The van der Waals surface area contributed by atoms with Gasteiger partial charge in [-0.25, -0.2) is 0 Å². The van der Waals surface area contributed by atoms with Gasteiger partial charge in [0.2, 0.25) is 0 Å². The molecule has 1 saturated heterocycles. The highest BCUT2D eigenvalue weighted by Gasteiger charge is 2.51. The van der Waals surface area contributed by atoms with Crippen molar-refractivity contribution in [2.45, 2.75) is 52.6 Å². The van der Waals surface area contributed by atoms with Crippen LogP contribution in [0.25, 0.3) is 0 Å². The maximum Gasteiger partial charge on any atom is 0.395 e. The van der Waals surface area contributed by atoms with E-state index < -0.39 is 29.8 Å². The van der Waals surface area contributed by atoms with Crippen LogP contribution in [0.4, 0.5) is 13.2 Å². The number of Topliss-reactive ketones (excluding diaryl/α,β-unsaturated/α-hetero) is 1. The summed E-state index contributed by atoms with van der Waals surface area (Å²) in [4.78, 5) is 12.2. The summed E-state index contributed by atoms with van der Waals surface area (Å²) >= 11 is 0. The SMILES string of the molecule is COC1NC(C(=O)C(C)(C)C)C(C)CC1C(F)(F)F. The van der Waals surface area contributed by atoms with Crippen LogP contribution in [0.1, 0.15) is 34.1 Å². The van der Waals surface area contributed by atoms with Crippen LogP contribution < -0.4 is 5.32 Å². The zero-order chi connectivity index (χ0) is 15.0. The molecule has 1 aliphatic heterocycles. The smallest absolute Gasteiger partial charge is 0.366 e. The highest BCUT2D eigenvalue weighted by atomic mass is 19.4. The van der Waals surface area contributed by atoms with E-state index in [2.05, 4.69) is 5.32 Å². The Kier molecular flexibility index (Phi) is 4.67. The molecule has 0 bridgehead atoms. The van der Waals surface area contributed by atoms with E-state index in [4.69, 9.17) is 4.74 Å². The fourth-order valence-electron chi connectivity index (χ4n) is 2.46. The molecule has 112 valence electrons. The number of ether oxygens (including phenoxy) is 1. The Balaban J connectivity index is 2.91. The molecule has 1 heterocycles. The molecule has 6 heteroatoms. The van der Waals surface area contributed by atoms with E-state index in [1.807, 2.05) is 0 Å². The van der Waals surface area contributed by atoms with Crippen LogP contribution in [0.15, 0.2) is 0 Å². The molecule has 0 radical (unpaired) electrons. The lowest BCUT2D eigenvalue weighted by atomic mass is 9.76. The van der Waals surface area contributed by atoms with E-state index in [9.17, 15) is 18.0 Å². The molecule has 1 aliphatic rings. The molecule has 0 aliphatic carbocycles. The summed E-state index contributed by atoms with van der Waals surface area (Å²) in [7, 11) is 1.23. The Hall–Kier alpha value is -0.620. The molecule has 0 aromatic heterocycles. The maximum absolute atomic E-state index is 12.9. The van der Waals surface area contributed by atoms with Crippen molar-refractivity contribution in [3.05, 3.63) is 0 Å². The number of ketones is 1. The van der Waals surface area contributed by atoms with E-state index in [1.165, 1.54) is 7.11 Å². The van der Waals surface area contributed by atoms with Crippen molar-refractivity contribution in [1.82, 2.24) is 5.32 Å². The Bertz CT molecular complexity index is 336. The summed E-state index contributed by atoms with van der Waals surface area (Å²) in [5.74, 6) is -2.02. The maximum atomic E-state index is 12.9. The lowest BCUT2D eigenvalue weighted by Crippen LogP contribution is -2.60. The van der Waals surface area contributed by atoms with Gasteiger partial charge in [-0.05, 0) is 12.3 Å². The van der Waals surface area contributed by atoms with Gasteiger partial charge in [0.1, 0.15) is 6.23 Å². The summed E-state index contributed by atoms with van der Waals surface area (Å²) in [6.07, 6.45) is -5.58. The monoisotopic (exact) mass is 281 g/mol. The zero-order valence-electron chi connectivity index (χ0n) is 12.0. The van der Waals surface area contributed by atoms with E-state index in [0.717, 1.165) is 0 Å². The largest absolute Gasteiger partial charge is 0.395 e. The number of hydrogen-bond donors (Lipinski definition) is 1. The third kappa shape index (κ3) is 3.69. The molecular formula is C13H22F3NO2. The molecule has 4 atom stereocenters. The minimum absolute atomic E-state index is 0.0809. The standard InChI is InChI=1S/C13H22F3NO2/c1-7-6-8(13(14,15)16)11(19-5)17-9(7)10(18)12(2,3)4/h7-9,11,17H,6H2,1-5H3. The highest BCUT2D eigenvalue weighted by molar-refractivity contribution is 5.89. The molecule has 1 rings (SSSR count). The molecule has 0 aromatic carbocycles. The summed E-state index contributed by atoms with van der Waals surface area (Å²) in [5, 5.41) is 2.72. The lowest BCUT2D eigenvalue weighted by molar-refractivity contribution is -0.224. The number of piperidine rings is 1. The molecule has 1 fully saturated rings. The third-order valence-electron chi connectivity index (χ3n) is 3.60. The van der Waals surface area contributed by atoms with Crippen LogP contribution >= 0.6 is 0 Å². The number of rotatable bonds is 2. The second-order valence-corrected chi connectivity index (χ2v) is 6.28. The van der Waals surface area contributed by atoms with Gasteiger partial charge in [0.15, 0.2) is 5.78 Å². The first-order chi connectivity index (χ1) is 8.48. The minimum atomic E-state index is -4.32. The van der Waals surface area contributed by atoms with Crippen LogP contribution in [0.5, 0.6) is 0 Å². The first-order valence-electron chi connectivity index (χ1n) is 6.38. The number of nitrogens with one attached hydrogen (secondary N) is 1. The fourth-order valence-corrected chi connectivity index (χ4v) is 2.46. The average molecular weight is 281 g/mol. The van der Waals surface area contributed by atoms with Crippen LogP contribution in [-0.2, 0) is 9.53 Å². The molecule has 19 heavy (non-hydrogen) atoms. The first kappa shape index (κ1) is 16.4. The molecule has 0 spiro atoms. The van der Waals surface area contributed by atoms with Gasteiger partial charge in [-0.15, -0.1) is 0 Å². The van der Waals surface area contributed by atoms with E-state index >= 15 is 0 Å². The Morgan fingerprint density at radius 1 is 1.26 bits per heavy atom. The summed E-state index contributed by atoms with van der Waals surface area (Å²) in [6, 6.07) is -0.594. The van der Waals surface area contributed by atoms with Gasteiger partial charge in [-0.3, -0.25) is 10.1 Å². The average Bonchev–Trinajstić information content (AvgIpc) is 2.25. The number of methoxy groups -OCH3 is 1. The fraction of sp³-hybridized carbons (Fsp3) is 0.923. The predicted molar refractivity (Wildman–Crippen MR) is 65.5 cm³/mol. The lowest BCUT2D eigenvalue weighted by Gasteiger charge is -2.42. The van der Waals surface area contributed by atoms with Crippen LogP contribution in [0, 0.1) is 17.3 Å². The molecular weight excluding hydrogens is 259 g/mol. The molecule has 0 aromatic rings. The van der Waals surface area contributed by atoms with Crippen LogP contribution in [-0.4, -0.2) is 31.3 Å². The second-order valence-electron chi connectivity index (χ2n) is 6.28. The van der Waals surface area contributed by atoms with Crippen LogP contribution in [0.3, 0.4) is 0 Å². The van der Waals surface area contributed by atoms with E-state index in [-0.39, 0.29) is 18.1 Å². The van der Waals surface area contributed by atoms with Gasteiger partial charge in [-0.1, -0.05) is 27.7 Å². The quantitative estimate of drug-likeness (QED) is 0.846. The van der Waals surface area contributed by atoms with Gasteiger partial charge in [0.25, 0.3) is 0 Å². The van der Waals surface area contributed by atoms with Gasteiger partial charge in [-0.2, -0.15) is 13.2 Å². The Morgan fingerprint density at radius 3 is 2.16 bits per heavy atom. The summed E-state index contributed by atoms with van der Waals surface area (Å²) in [6.45, 7) is 6.97. The molecule has 4 unspecified atom stereocenters. The second kappa shape index (κ2) is 5.40. The van der Waals surface area contributed by atoms with E-state index in [1.54, 1.807) is 27.7 Å². The number of carbonyl (C=O) groups is 1. The minimum Gasteiger partial charge on any atom is -0.366 e. The zero-order valence-corrected chi connectivity index (χ0v) is 12.0. The summed E-state index contributed by atoms with van der Waals surface area (Å²) < 4.78 is 43.6. The van der Waals surface area contributed by atoms with Crippen molar-refractivity contribution in [2.24, 2.45) is 17.3 Å². The number of carbonyl (C=O) groups excluding carboxylic acids is 1. The number of alkyl halides is 3. The molecule has 3 nitrogen and oxygen atoms in total. The molecule has 1 N–H and O–H groups in total. The number of hydrogen-bond acceptors (Lipinski definition) is 3. The van der Waals surface area contributed by atoms with Gasteiger partial charge < -0.3 is 4.74 Å². The first-order valence-corrected chi connectivity index (χ1v) is 6.38. The Morgan fingerprint density at radius 2 is 1.79 bits per heavy atom.